The van der Waals surface area contributed by atoms with E-state index in [1.165, 1.54) is 5.56 Å². The second-order valence-corrected chi connectivity index (χ2v) is 9.89. The van der Waals surface area contributed by atoms with E-state index >= 15 is 0 Å². The van der Waals surface area contributed by atoms with Gasteiger partial charge in [0.15, 0.2) is 5.69 Å². The minimum atomic E-state index is -3.80. The summed E-state index contributed by atoms with van der Waals surface area (Å²) >= 11 is 0. The Morgan fingerprint density at radius 1 is 1.19 bits per heavy atom. The van der Waals surface area contributed by atoms with E-state index in [1.807, 2.05) is 25.1 Å². The lowest BCUT2D eigenvalue weighted by Gasteiger charge is -2.29. The number of H-pyrrole nitrogens is 1. The van der Waals surface area contributed by atoms with Crippen molar-refractivity contribution in [3.8, 4) is 5.75 Å². The first-order valence-electron chi connectivity index (χ1n) is 10.6. The van der Waals surface area contributed by atoms with E-state index in [-0.39, 0.29) is 24.1 Å². The molecule has 9 heteroatoms. The molecule has 0 aliphatic heterocycles. The van der Waals surface area contributed by atoms with Gasteiger partial charge in [0.25, 0.3) is 11.5 Å². The second kappa shape index (κ2) is 10.1. The highest BCUT2D eigenvalue weighted by atomic mass is 32.2. The molecule has 0 atom stereocenters. The first-order valence-corrected chi connectivity index (χ1v) is 12.5. The molecule has 1 amide bonds. The average Bonchev–Trinajstić information content (AvgIpc) is 2.75. The molecule has 0 bridgehead atoms. The van der Waals surface area contributed by atoms with E-state index in [2.05, 4.69) is 27.4 Å². The summed E-state index contributed by atoms with van der Waals surface area (Å²) < 4.78 is 29.3. The zero-order chi connectivity index (χ0) is 22.4. The summed E-state index contributed by atoms with van der Waals surface area (Å²) in [6.07, 6.45) is 5.92. The van der Waals surface area contributed by atoms with Gasteiger partial charge in [-0.05, 0) is 43.6 Å². The Bertz CT molecular complexity index is 1060. The molecular formula is C22H29N3O5S. The van der Waals surface area contributed by atoms with Crippen LogP contribution in [0.25, 0.3) is 0 Å². The molecule has 1 aromatic carbocycles. The number of aromatic nitrogens is 2. The van der Waals surface area contributed by atoms with Gasteiger partial charge in [0.1, 0.15) is 0 Å². The van der Waals surface area contributed by atoms with Gasteiger partial charge in [0.2, 0.25) is 20.7 Å². The Labute approximate surface area is 182 Å². The molecule has 0 unspecified atom stereocenters. The van der Waals surface area contributed by atoms with Gasteiger partial charge in [0, 0.05) is 12.3 Å². The smallest absolute Gasteiger partial charge is 0.294 e. The fourth-order valence-electron chi connectivity index (χ4n) is 3.77. The van der Waals surface area contributed by atoms with E-state index in [0.29, 0.717) is 12.3 Å². The normalized spacial score (nSPS) is 19.0. The number of hydrogen-bond acceptors (Lipinski definition) is 6. The predicted octanol–water partition coefficient (Wildman–Crippen LogP) is 2.81. The number of aromatic amines is 1. The van der Waals surface area contributed by atoms with Gasteiger partial charge in [-0.15, -0.1) is 0 Å². The Hall–Kier alpha value is -2.68. The van der Waals surface area contributed by atoms with Gasteiger partial charge in [-0.25, -0.2) is 13.4 Å². The molecular weight excluding hydrogens is 418 g/mol. The number of hydrogen-bond donors (Lipinski definition) is 2. The zero-order valence-electron chi connectivity index (χ0n) is 17.9. The fourth-order valence-corrected chi connectivity index (χ4v) is 4.31. The van der Waals surface area contributed by atoms with Gasteiger partial charge >= 0.3 is 0 Å². The molecule has 1 aliphatic rings. The molecule has 1 aromatic heterocycles. The minimum absolute atomic E-state index is 0.0706. The number of carbonyl (C=O) groups excluding carboxylic acids is 1. The van der Waals surface area contributed by atoms with Crippen LogP contribution in [0, 0.1) is 0 Å². The quantitative estimate of drug-likeness (QED) is 0.475. The van der Waals surface area contributed by atoms with Gasteiger partial charge in [0.05, 0.1) is 6.61 Å². The van der Waals surface area contributed by atoms with Gasteiger partial charge in [-0.2, -0.15) is 0 Å². The maximum atomic E-state index is 12.9. The summed E-state index contributed by atoms with van der Waals surface area (Å²) in [5.41, 5.74) is 0.239. The van der Waals surface area contributed by atoms with Crippen LogP contribution in [0.2, 0.25) is 0 Å². The third-order valence-corrected chi connectivity index (χ3v) is 6.39. The van der Waals surface area contributed by atoms with Gasteiger partial charge in [-0.1, -0.05) is 43.7 Å². The Kier molecular flexibility index (Phi) is 7.48. The summed E-state index contributed by atoms with van der Waals surface area (Å²) in [5.74, 6) is -0.376. The highest BCUT2D eigenvalue weighted by Gasteiger charge is 2.27. The molecule has 1 heterocycles. The van der Waals surface area contributed by atoms with Crippen LogP contribution in [-0.4, -0.2) is 43.2 Å². The van der Waals surface area contributed by atoms with Crippen molar-refractivity contribution in [2.24, 2.45) is 0 Å². The first-order chi connectivity index (χ1) is 14.8. The van der Waals surface area contributed by atoms with Crippen LogP contribution in [0.3, 0.4) is 0 Å². The number of unbranched alkanes of at least 4 members (excludes halogenated alkanes) is 1. The number of nitrogens with one attached hydrogen (secondary N) is 2. The van der Waals surface area contributed by atoms with Crippen LogP contribution in [0.4, 0.5) is 0 Å². The lowest BCUT2D eigenvalue weighted by Crippen LogP contribution is -2.39. The van der Waals surface area contributed by atoms with Crippen molar-refractivity contribution in [2.45, 2.75) is 62.6 Å². The van der Waals surface area contributed by atoms with Crippen LogP contribution in [0.1, 0.15) is 67.4 Å². The number of nitrogens with zero attached hydrogens (tertiary/aromatic N) is 1. The van der Waals surface area contributed by atoms with Gasteiger partial charge < -0.3 is 10.1 Å². The molecule has 2 N–H and O–H groups in total. The van der Waals surface area contributed by atoms with Gasteiger partial charge in [-0.3, -0.25) is 14.6 Å². The summed E-state index contributed by atoms with van der Waals surface area (Å²) in [4.78, 5) is 31.5. The van der Waals surface area contributed by atoms with Crippen LogP contribution in [0.15, 0.2) is 40.3 Å². The summed E-state index contributed by atoms with van der Waals surface area (Å²) in [6.45, 7) is 2.21. The average molecular weight is 448 g/mol. The van der Waals surface area contributed by atoms with Crippen molar-refractivity contribution < 1.29 is 17.9 Å². The maximum Gasteiger partial charge on any atom is 0.294 e. The molecule has 8 nitrogen and oxygen atoms in total. The fraction of sp³-hybridized carbons (Fsp3) is 0.500. The Morgan fingerprint density at radius 2 is 1.87 bits per heavy atom. The third-order valence-electron chi connectivity index (χ3n) is 5.50. The maximum absolute atomic E-state index is 12.9. The van der Waals surface area contributed by atoms with E-state index < -0.39 is 26.5 Å². The lowest BCUT2D eigenvalue weighted by molar-refractivity contribution is 0.0914. The van der Waals surface area contributed by atoms with Crippen LogP contribution in [-0.2, 0) is 9.84 Å². The molecule has 2 aromatic rings. The van der Waals surface area contributed by atoms with Crippen molar-refractivity contribution in [3.63, 3.8) is 0 Å². The molecule has 3 rings (SSSR count). The van der Waals surface area contributed by atoms with Crippen LogP contribution in [0.5, 0.6) is 5.75 Å². The molecule has 31 heavy (non-hydrogen) atoms. The zero-order valence-corrected chi connectivity index (χ0v) is 18.7. The molecule has 0 saturated heterocycles. The molecule has 1 fully saturated rings. The molecule has 0 spiro atoms. The number of ether oxygens (including phenoxy) is 1. The van der Waals surface area contributed by atoms with Crippen LogP contribution < -0.4 is 15.6 Å². The molecule has 1 saturated carbocycles. The van der Waals surface area contributed by atoms with Crippen molar-refractivity contribution in [1.29, 1.82) is 0 Å². The summed E-state index contributed by atoms with van der Waals surface area (Å²) in [6, 6.07) is 10.2. The largest absolute Gasteiger partial charge is 0.486 e. The Balaban J connectivity index is 1.75. The number of sulfone groups is 1. The SMILES string of the molecule is CCCCOc1c(C(=O)N[C@H]2CC[C@@H](c3ccccc3)CC2)nc(S(C)(=O)=O)[nH]c1=O. The monoisotopic (exact) mass is 447 g/mol. The van der Waals surface area contributed by atoms with E-state index in [4.69, 9.17) is 4.74 Å². The van der Waals surface area contributed by atoms with Crippen molar-refractivity contribution in [1.82, 2.24) is 15.3 Å². The Morgan fingerprint density at radius 3 is 2.48 bits per heavy atom. The summed E-state index contributed by atoms with van der Waals surface area (Å²) in [7, 11) is -3.80. The standard InChI is InChI=1S/C22H29N3O5S/c1-3-4-14-30-19-18(24-22(25-21(19)27)31(2,28)29)20(26)23-17-12-10-16(11-13-17)15-8-6-5-7-9-15/h5-9,16-17H,3-4,10-14H2,1-2H3,(H,23,26)(H,24,25,27)/t16-,17+. The second-order valence-electron chi connectivity index (χ2n) is 7.96. The predicted molar refractivity (Wildman–Crippen MR) is 117 cm³/mol. The van der Waals surface area contributed by atoms with Crippen molar-refractivity contribution in [3.05, 3.63) is 51.9 Å². The third kappa shape index (κ3) is 5.94. The highest BCUT2D eigenvalue weighted by molar-refractivity contribution is 7.90. The lowest BCUT2D eigenvalue weighted by atomic mass is 9.82. The molecule has 168 valence electrons. The number of carbonyl (C=O) groups is 1. The van der Waals surface area contributed by atoms with E-state index in [9.17, 15) is 18.0 Å². The topological polar surface area (TPSA) is 118 Å². The molecule has 0 radical (unpaired) electrons. The number of amides is 1. The summed E-state index contributed by atoms with van der Waals surface area (Å²) in [5, 5.41) is 2.37. The number of rotatable bonds is 8. The molecule has 1 aliphatic carbocycles. The van der Waals surface area contributed by atoms with Crippen molar-refractivity contribution >= 4 is 15.7 Å². The van der Waals surface area contributed by atoms with Crippen molar-refractivity contribution in [2.75, 3.05) is 12.9 Å². The van der Waals surface area contributed by atoms with E-state index in [1.54, 1.807) is 0 Å². The minimum Gasteiger partial charge on any atom is -0.486 e. The van der Waals surface area contributed by atoms with Crippen LogP contribution >= 0.6 is 0 Å². The van der Waals surface area contributed by atoms with E-state index in [0.717, 1.165) is 38.4 Å². The first kappa shape index (κ1) is 23.0. The highest BCUT2D eigenvalue weighted by Crippen LogP contribution is 2.32. The number of benzene rings is 1.